The molecule has 1 aromatic carbocycles. The SMILES string of the molecule is Cc1ccc(C(C)C)cc1Oc1ncccc1[C@@H](C)N. The Balaban J connectivity index is 2.37. The van der Waals surface area contributed by atoms with Gasteiger partial charge in [0.1, 0.15) is 5.75 Å². The van der Waals surface area contributed by atoms with Gasteiger partial charge in [-0.3, -0.25) is 0 Å². The Morgan fingerprint density at radius 3 is 2.55 bits per heavy atom. The molecule has 20 heavy (non-hydrogen) atoms. The predicted molar refractivity (Wildman–Crippen MR) is 82.2 cm³/mol. The number of benzene rings is 1. The lowest BCUT2D eigenvalue weighted by molar-refractivity contribution is 0.448. The summed E-state index contributed by atoms with van der Waals surface area (Å²) >= 11 is 0. The molecule has 0 aliphatic carbocycles. The normalized spacial score (nSPS) is 12.5. The third kappa shape index (κ3) is 3.17. The van der Waals surface area contributed by atoms with Gasteiger partial charge in [0, 0.05) is 17.8 Å². The third-order valence-corrected chi connectivity index (χ3v) is 3.38. The lowest BCUT2D eigenvalue weighted by Gasteiger charge is -2.15. The van der Waals surface area contributed by atoms with Crippen molar-refractivity contribution in [1.82, 2.24) is 4.98 Å². The van der Waals surface area contributed by atoms with Crippen molar-refractivity contribution in [2.24, 2.45) is 5.73 Å². The summed E-state index contributed by atoms with van der Waals surface area (Å²) in [7, 11) is 0. The number of rotatable bonds is 4. The standard InChI is InChI=1S/C17H22N2O/c1-11(2)14-8-7-12(3)16(10-14)20-17-15(13(4)18)6-5-9-19-17/h5-11,13H,18H2,1-4H3/t13-/m1/s1. The van der Waals surface area contributed by atoms with Crippen LogP contribution in [0.1, 0.15) is 49.4 Å². The zero-order chi connectivity index (χ0) is 14.7. The molecule has 106 valence electrons. The Bertz CT molecular complexity index is 591. The van der Waals surface area contributed by atoms with Gasteiger partial charge >= 0.3 is 0 Å². The number of aromatic nitrogens is 1. The van der Waals surface area contributed by atoms with Crippen LogP contribution in [0.25, 0.3) is 0 Å². The first kappa shape index (κ1) is 14.5. The van der Waals surface area contributed by atoms with Crippen molar-refractivity contribution in [2.45, 2.75) is 39.7 Å². The van der Waals surface area contributed by atoms with Crippen LogP contribution in [-0.4, -0.2) is 4.98 Å². The molecule has 0 bridgehead atoms. The monoisotopic (exact) mass is 270 g/mol. The van der Waals surface area contributed by atoms with Crippen LogP contribution in [0.3, 0.4) is 0 Å². The van der Waals surface area contributed by atoms with Gasteiger partial charge in [-0.15, -0.1) is 0 Å². The molecule has 0 aliphatic rings. The predicted octanol–water partition coefficient (Wildman–Crippen LogP) is 4.33. The molecule has 1 aromatic heterocycles. The second-order valence-corrected chi connectivity index (χ2v) is 5.47. The number of ether oxygens (including phenoxy) is 1. The van der Waals surface area contributed by atoms with E-state index in [-0.39, 0.29) is 6.04 Å². The summed E-state index contributed by atoms with van der Waals surface area (Å²) in [4.78, 5) is 4.31. The lowest BCUT2D eigenvalue weighted by Crippen LogP contribution is -2.07. The Labute approximate surface area is 120 Å². The molecule has 2 rings (SSSR count). The van der Waals surface area contributed by atoms with Gasteiger partial charge in [0.25, 0.3) is 0 Å². The van der Waals surface area contributed by atoms with Crippen molar-refractivity contribution in [3.05, 3.63) is 53.2 Å². The first-order chi connectivity index (χ1) is 9.49. The number of pyridine rings is 1. The number of hydrogen-bond acceptors (Lipinski definition) is 3. The van der Waals surface area contributed by atoms with Crippen LogP contribution in [0.15, 0.2) is 36.5 Å². The third-order valence-electron chi connectivity index (χ3n) is 3.38. The number of nitrogens with zero attached hydrogens (tertiary/aromatic N) is 1. The van der Waals surface area contributed by atoms with Gasteiger partial charge in [0.05, 0.1) is 0 Å². The molecule has 3 nitrogen and oxygen atoms in total. The topological polar surface area (TPSA) is 48.1 Å². The molecule has 1 heterocycles. The van der Waals surface area contributed by atoms with E-state index in [4.69, 9.17) is 10.5 Å². The fraction of sp³-hybridized carbons (Fsp3) is 0.353. The van der Waals surface area contributed by atoms with Crippen LogP contribution in [-0.2, 0) is 0 Å². The molecule has 0 fully saturated rings. The first-order valence-corrected chi connectivity index (χ1v) is 6.98. The molecule has 0 radical (unpaired) electrons. The van der Waals surface area contributed by atoms with E-state index < -0.39 is 0 Å². The van der Waals surface area contributed by atoms with Crippen molar-refractivity contribution in [1.29, 1.82) is 0 Å². The second kappa shape index (κ2) is 6.06. The molecular formula is C17H22N2O. The van der Waals surface area contributed by atoms with Crippen LogP contribution in [0.2, 0.25) is 0 Å². The van der Waals surface area contributed by atoms with Crippen molar-refractivity contribution < 1.29 is 4.74 Å². The van der Waals surface area contributed by atoms with Crippen LogP contribution in [0, 0.1) is 6.92 Å². The number of hydrogen-bond donors (Lipinski definition) is 1. The van der Waals surface area contributed by atoms with Gasteiger partial charge in [-0.1, -0.05) is 32.0 Å². The van der Waals surface area contributed by atoms with E-state index in [1.807, 2.05) is 26.0 Å². The minimum atomic E-state index is -0.104. The molecule has 3 heteroatoms. The Hall–Kier alpha value is -1.87. The zero-order valence-corrected chi connectivity index (χ0v) is 12.6. The molecule has 0 unspecified atom stereocenters. The summed E-state index contributed by atoms with van der Waals surface area (Å²) < 4.78 is 6.00. The summed E-state index contributed by atoms with van der Waals surface area (Å²) in [5.41, 5.74) is 9.23. The largest absolute Gasteiger partial charge is 0.438 e. The van der Waals surface area contributed by atoms with Crippen molar-refractivity contribution in [3.8, 4) is 11.6 Å². The van der Waals surface area contributed by atoms with E-state index in [1.165, 1.54) is 5.56 Å². The maximum absolute atomic E-state index is 6.00. The van der Waals surface area contributed by atoms with Crippen LogP contribution in [0.5, 0.6) is 11.6 Å². The highest BCUT2D eigenvalue weighted by atomic mass is 16.5. The Kier molecular flexibility index (Phi) is 4.40. The van der Waals surface area contributed by atoms with Crippen molar-refractivity contribution in [2.75, 3.05) is 0 Å². The molecule has 0 saturated carbocycles. The van der Waals surface area contributed by atoms with Crippen LogP contribution < -0.4 is 10.5 Å². The van der Waals surface area contributed by atoms with Crippen molar-refractivity contribution >= 4 is 0 Å². The molecular weight excluding hydrogens is 248 g/mol. The fourth-order valence-corrected chi connectivity index (χ4v) is 2.02. The van der Waals surface area contributed by atoms with E-state index in [0.717, 1.165) is 16.9 Å². The lowest BCUT2D eigenvalue weighted by atomic mass is 10.0. The molecule has 0 aliphatic heterocycles. The zero-order valence-electron chi connectivity index (χ0n) is 12.6. The second-order valence-electron chi connectivity index (χ2n) is 5.47. The van der Waals surface area contributed by atoms with Gasteiger partial charge in [-0.05, 0) is 43.0 Å². The highest BCUT2D eigenvalue weighted by Crippen LogP contribution is 2.30. The summed E-state index contributed by atoms with van der Waals surface area (Å²) in [6, 6.07) is 10.0. The van der Waals surface area contributed by atoms with Gasteiger partial charge in [-0.25, -0.2) is 4.98 Å². The molecule has 1 atom stereocenters. The number of aryl methyl sites for hydroxylation is 1. The highest BCUT2D eigenvalue weighted by molar-refractivity contribution is 5.41. The summed E-state index contributed by atoms with van der Waals surface area (Å²) in [6.07, 6.45) is 1.73. The molecule has 0 saturated heterocycles. The average molecular weight is 270 g/mol. The highest BCUT2D eigenvalue weighted by Gasteiger charge is 2.12. The van der Waals surface area contributed by atoms with E-state index in [0.29, 0.717) is 11.8 Å². The summed E-state index contributed by atoms with van der Waals surface area (Å²) in [5, 5.41) is 0. The van der Waals surface area contributed by atoms with Gasteiger partial charge in [-0.2, -0.15) is 0 Å². The number of nitrogens with two attached hydrogens (primary N) is 1. The minimum absolute atomic E-state index is 0.104. The van der Waals surface area contributed by atoms with Gasteiger partial charge < -0.3 is 10.5 Å². The average Bonchev–Trinajstić information content (AvgIpc) is 2.41. The van der Waals surface area contributed by atoms with Gasteiger partial charge in [0.15, 0.2) is 0 Å². The smallest absolute Gasteiger partial charge is 0.223 e. The molecule has 0 spiro atoms. The van der Waals surface area contributed by atoms with Gasteiger partial charge in [0.2, 0.25) is 5.88 Å². The quantitative estimate of drug-likeness (QED) is 0.899. The minimum Gasteiger partial charge on any atom is -0.438 e. The molecule has 0 amide bonds. The van der Waals surface area contributed by atoms with Crippen LogP contribution in [0.4, 0.5) is 0 Å². The fourth-order valence-electron chi connectivity index (χ4n) is 2.02. The maximum Gasteiger partial charge on any atom is 0.223 e. The molecule has 2 N–H and O–H groups in total. The Morgan fingerprint density at radius 1 is 1.15 bits per heavy atom. The van der Waals surface area contributed by atoms with E-state index in [2.05, 4.69) is 37.0 Å². The van der Waals surface area contributed by atoms with E-state index in [1.54, 1.807) is 6.20 Å². The summed E-state index contributed by atoms with van der Waals surface area (Å²) in [6.45, 7) is 8.31. The van der Waals surface area contributed by atoms with Crippen LogP contribution >= 0.6 is 0 Å². The summed E-state index contributed by atoms with van der Waals surface area (Å²) in [5.74, 6) is 1.90. The molecule has 2 aromatic rings. The Morgan fingerprint density at radius 2 is 1.90 bits per heavy atom. The van der Waals surface area contributed by atoms with Crippen molar-refractivity contribution in [3.63, 3.8) is 0 Å². The first-order valence-electron chi connectivity index (χ1n) is 6.98. The van der Waals surface area contributed by atoms with E-state index in [9.17, 15) is 0 Å². The van der Waals surface area contributed by atoms with E-state index >= 15 is 0 Å². The maximum atomic E-state index is 6.00.